The Bertz CT molecular complexity index is 1270. The van der Waals surface area contributed by atoms with Crippen LogP contribution in [-0.2, 0) is 11.8 Å². The van der Waals surface area contributed by atoms with Crippen LogP contribution >= 0.6 is 0 Å². The lowest BCUT2D eigenvalue weighted by atomic mass is 10.0. The van der Waals surface area contributed by atoms with Crippen LogP contribution in [0.5, 0.6) is 0 Å². The number of nitrogens with zero attached hydrogens (tertiary/aromatic N) is 2. The number of hydrogen-bond donors (Lipinski definition) is 0. The van der Waals surface area contributed by atoms with Gasteiger partial charge >= 0.3 is 11.9 Å². The van der Waals surface area contributed by atoms with E-state index in [-0.39, 0.29) is 11.5 Å². The first-order chi connectivity index (χ1) is 14.5. The lowest BCUT2D eigenvalue weighted by molar-refractivity contribution is -0.402. The number of esters is 1. The van der Waals surface area contributed by atoms with E-state index in [0.29, 0.717) is 11.3 Å². The number of nitro groups is 1. The van der Waals surface area contributed by atoms with Gasteiger partial charge in [0.2, 0.25) is 11.5 Å². The van der Waals surface area contributed by atoms with Crippen molar-refractivity contribution in [1.82, 2.24) is 4.57 Å². The molecule has 0 bridgehead atoms. The lowest BCUT2D eigenvalue weighted by Gasteiger charge is -2.08. The fraction of sp³-hybridized carbons (Fsp3) is 0.0909. The number of furan rings is 1. The molecule has 8 nitrogen and oxygen atoms in total. The Morgan fingerprint density at radius 3 is 2.43 bits per heavy atom. The third-order valence-electron chi connectivity index (χ3n) is 4.74. The van der Waals surface area contributed by atoms with Gasteiger partial charge in [0.25, 0.3) is 0 Å². The van der Waals surface area contributed by atoms with Gasteiger partial charge in [0, 0.05) is 18.0 Å². The molecule has 150 valence electrons. The topological polar surface area (TPSA) is 105 Å². The zero-order valence-corrected chi connectivity index (χ0v) is 15.9. The smallest absolute Gasteiger partial charge is 0.433 e. The van der Waals surface area contributed by atoms with E-state index in [1.54, 1.807) is 0 Å². The Balaban J connectivity index is 1.66. The van der Waals surface area contributed by atoms with Gasteiger partial charge < -0.3 is 13.7 Å². The van der Waals surface area contributed by atoms with Crippen LogP contribution in [0.15, 0.2) is 71.1 Å². The summed E-state index contributed by atoms with van der Waals surface area (Å²) in [6, 6.07) is 19.1. The number of carbonyl (C=O) groups excluding carboxylic acids is 2. The fourth-order valence-corrected chi connectivity index (χ4v) is 3.42. The van der Waals surface area contributed by atoms with E-state index in [1.807, 2.05) is 66.2 Å². The Hall–Kier alpha value is -4.20. The number of hydrogen-bond acceptors (Lipinski definition) is 6. The van der Waals surface area contributed by atoms with Gasteiger partial charge in [-0.3, -0.25) is 14.9 Å². The molecule has 0 amide bonds. The van der Waals surface area contributed by atoms with Gasteiger partial charge in [-0.25, -0.2) is 4.79 Å². The summed E-state index contributed by atoms with van der Waals surface area (Å²) in [6.07, 6.45) is 0. The Kier molecular flexibility index (Phi) is 4.89. The second kappa shape index (κ2) is 7.67. The van der Waals surface area contributed by atoms with Crippen LogP contribution in [0.4, 0.5) is 5.88 Å². The summed E-state index contributed by atoms with van der Waals surface area (Å²) >= 11 is 0. The minimum Gasteiger partial charge on any atom is -0.451 e. The average molecular weight is 404 g/mol. The zero-order valence-electron chi connectivity index (χ0n) is 15.9. The standard InChI is InChI=1S/C22H16N2O6/c1-23-16-10-6-5-9-15(16)20(21(23)14-7-3-2-4-8-14)17(25)13-29-22(26)18-11-12-19(30-18)24(27)28/h2-12H,13H2,1H3. The van der Waals surface area contributed by atoms with Gasteiger partial charge in [-0.2, -0.15) is 0 Å². The first-order valence-corrected chi connectivity index (χ1v) is 9.04. The van der Waals surface area contributed by atoms with Gasteiger partial charge in [0.05, 0.1) is 17.3 Å². The van der Waals surface area contributed by atoms with Crippen molar-refractivity contribution in [3.8, 4) is 11.3 Å². The molecule has 2 heterocycles. The number of fused-ring (bicyclic) bond motifs is 1. The molecule has 0 aliphatic rings. The second-order valence-corrected chi connectivity index (χ2v) is 6.56. The van der Waals surface area contributed by atoms with E-state index < -0.39 is 23.4 Å². The molecule has 0 radical (unpaired) electrons. The molecule has 0 aliphatic carbocycles. The number of aryl methyl sites for hydroxylation is 1. The van der Waals surface area contributed by atoms with Crippen molar-refractivity contribution in [2.45, 2.75) is 0 Å². The highest BCUT2D eigenvalue weighted by molar-refractivity contribution is 6.14. The van der Waals surface area contributed by atoms with E-state index in [4.69, 9.17) is 9.15 Å². The maximum absolute atomic E-state index is 13.1. The molecule has 4 rings (SSSR count). The van der Waals surface area contributed by atoms with Gasteiger partial charge in [-0.1, -0.05) is 48.5 Å². The summed E-state index contributed by atoms with van der Waals surface area (Å²) in [4.78, 5) is 35.2. The van der Waals surface area contributed by atoms with Crippen LogP contribution in [0.25, 0.3) is 22.2 Å². The zero-order chi connectivity index (χ0) is 21.3. The van der Waals surface area contributed by atoms with Crippen molar-refractivity contribution in [3.05, 3.63) is 88.2 Å². The third-order valence-corrected chi connectivity index (χ3v) is 4.74. The molecular weight excluding hydrogens is 388 g/mol. The number of benzene rings is 2. The summed E-state index contributed by atoms with van der Waals surface area (Å²) in [5, 5.41) is 11.4. The molecule has 0 fully saturated rings. The first kappa shape index (κ1) is 19.1. The van der Waals surface area contributed by atoms with E-state index in [0.717, 1.165) is 28.6 Å². The third kappa shape index (κ3) is 3.35. The van der Waals surface area contributed by atoms with Crippen LogP contribution in [0, 0.1) is 10.1 Å². The molecule has 0 N–H and O–H groups in total. The van der Waals surface area contributed by atoms with Crippen molar-refractivity contribution < 1.29 is 23.7 Å². The number of rotatable bonds is 6. The maximum atomic E-state index is 13.1. The molecular formula is C22H16N2O6. The molecule has 8 heteroatoms. The summed E-state index contributed by atoms with van der Waals surface area (Å²) in [5.74, 6) is -2.25. The van der Waals surface area contributed by atoms with Crippen molar-refractivity contribution in [2.75, 3.05) is 6.61 Å². The van der Waals surface area contributed by atoms with Crippen molar-refractivity contribution >= 4 is 28.5 Å². The van der Waals surface area contributed by atoms with Crippen LogP contribution in [0.3, 0.4) is 0 Å². The van der Waals surface area contributed by atoms with Gasteiger partial charge in [0.1, 0.15) is 4.92 Å². The minimum absolute atomic E-state index is 0.337. The second-order valence-electron chi connectivity index (χ2n) is 6.56. The number of aromatic nitrogens is 1. The predicted octanol–water partition coefficient (Wildman–Crippen LogP) is 4.39. The fourth-order valence-electron chi connectivity index (χ4n) is 3.42. The molecule has 0 unspecified atom stereocenters. The molecule has 0 aliphatic heterocycles. The SMILES string of the molecule is Cn1c(-c2ccccc2)c(C(=O)COC(=O)c2ccc([N+](=O)[O-])o2)c2ccccc21. The molecule has 4 aromatic rings. The highest BCUT2D eigenvalue weighted by atomic mass is 16.7. The average Bonchev–Trinajstić information content (AvgIpc) is 3.36. The number of Topliss-reactive ketones (excluding diaryl/α,β-unsaturated/α-hetero) is 1. The maximum Gasteiger partial charge on any atom is 0.433 e. The van der Waals surface area contributed by atoms with Crippen LogP contribution in [0.2, 0.25) is 0 Å². The van der Waals surface area contributed by atoms with Gasteiger partial charge in [-0.05, 0) is 17.7 Å². The Labute approximate surface area is 170 Å². The number of carbonyl (C=O) groups is 2. The van der Waals surface area contributed by atoms with Gasteiger partial charge in [-0.15, -0.1) is 0 Å². The number of ether oxygens (including phenoxy) is 1. The molecule has 2 aromatic heterocycles. The molecule has 0 spiro atoms. The van der Waals surface area contributed by atoms with Crippen molar-refractivity contribution in [3.63, 3.8) is 0 Å². The van der Waals surface area contributed by atoms with Crippen LogP contribution in [-0.4, -0.2) is 27.8 Å². The van der Waals surface area contributed by atoms with E-state index >= 15 is 0 Å². The molecule has 0 saturated carbocycles. The first-order valence-electron chi connectivity index (χ1n) is 9.04. The van der Waals surface area contributed by atoms with E-state index in [1.165, 1.54) is 0 Å². The Morgan fingerprint density at radius 2 is 1.73 bits per heavy atom. The Morgan fingerprint density at radius 1 is 1.03 bits per heavy atom. The van der Waals surface area contributed by atoms with Crippen LogP contribution in [0.1, 0.15) is 20.9 Å². The molecule has 30 heavy (non-hydrogen) atoms. The summed E-state index contributed by atoms with van der Waals surface area (Å²) in [7, 11) is 1.87. The number of para-hydroxylation sites is 1. The van der Waals surface area contributed by atoms with Crippen LogP contribution < -0.4 is 0 Å². The van der Waals surface area contributed by atoms with Crippen molar-refractivity contribution in [2.24, 2.45) is 7.05 Å². The highest BCUT2D eigenvalue weighted by Crippen LogP contribution is 2.33. The quantitative estimate of drug-likeness (QED) is 0.204. The molecule has 2 aromatic carbocycles. The summed E-state index contributed by atoms with van der Waals surface area (Å²) in [5.41, 5.74) is 2.88. The number of ketones is 1. The van der Waals surface area contributed by atoms with Gasteiger partial charge in [0.15, 0.2) is 6.61 Å². The normalized spacial score (nSPS) is 10.8. The van der Waals surface area contributed by atoms with E-state index in [9.17, 15) is 19.7 Å². The summed E-state index contributed by atoms with van der Waals surface area (Å²) in [6.45, 7) is -0.527. The molecule has 0 saturated heterocycles. The molecule has 0 atom stereocenters. The minimum atomic E-state index is -0.946. The largest absolute Gasteiger partial charge is 0.451 e. The van der Waals surface area contributed by atoms with E-state index in [2.05, 4.69) is 0 Å². The summed E-state index contributed by atoms with van der Waals surface area (Å²) < 4.78 is 11.8. The van der Waals surface area contributed by atoms with Crippen molar-refractivity contribution in [1.29, 1.82) is 0 Å². The highest BCUT2D eigenvalue weighted by Gasteiger charge is 2.24. The predicted molar refractivity (Wildman–Crippen MR) is 108 cm³/mol. The lowest BCUT2D eigenvalue weighted by Crippen LogP contribution is -2.14. The monoisotopic (exact) mass is 404 g/mol.